The summed E-state index contributed by atoms with van der Waals surface area (Å²) in [7, 11) is 1.33. The number of rotatable bonds is 2. The molecule has 0 atom stereocenters. The molecule has 0 N–H and O–H groups in total. The molecule has 0 saturated heterocycles. The van der Waals surface area contributed by atoms with E-state index >= 15 is 0 Å². The number of nitrogens with zero attached hydrogens (tertiary/aromatic N) is 1. The highest BCUT2D eigenvalue weighted by atomic mass is 79.9. The summed E-state index contributed by atoms with van der Waals surface area (Å²) in [5.74, 6) is 0.109. The summed E-state index contributed by atoms with van der Waals surface area (Å²) in [6, 6.07) is 1.91. The van der Waals surface area contributed by atoms with Crippen LogP contribution in [0.1, 0.15) is 37.0 Å². The van der Waals surface area contributed by atoms with Gasteiger partial charge in [-0.25, -0.2) is 9.78 Å². The van der Waals surface area contributed by atoms with Crippen LogP contribution in [0.3, 0.4) is 0 Å². The molecule has 0 amide bonds. The third kappa shape index (κ3) is 2.90. The average molecular weight is 344 g/mol. The van der Waals surface area contributed by atoms with Crippen molar-refractivity contribution in [2.75, 3.05) is 7.11 Å². The zero-order valence-electron chi connectivity index (χ0n) is 11.1. The van der Waals surface area contributed by atoms with E-state index in [4.69, 9.17) is 9.15 Å². The van der Waals surface area contributed by atoms with Gasteiger partial charge in [-0.2, -0.15) is 0 Å². The zero-order valence-corrected chi connectivity index (χ0v) is 13.5. The lowest BCUT2D eigenvalue weighted by Crippen LogP contribution is -2.17. The molecular formula is C13H14BrNO3S. The van der Waals surface area contributed by atoms with Gasteiger partial charge in [0.15, 0.2) is 0 Å². The summed E-state index contributed by atoms with van der Waals surface area (Å²) >= 11 is 4.93. The van der Waals surface area contributed by atoms with Gasteiger partial charge in [0.25, 0.3) is 0 Å². The summed E-state index contributed by atoms with van der Waals surface area (Å²) in [6.45, 7) is 5.93. The van der Waals surface area contributed by atoms with Crippen molar-refractivity contribution in [1.29, 1.82) is 0 Å². The van der Waals surface area contributed by atoms with Gasteiger partial charge in [-0.15, -0.1) is 11.3 Å². The van der Waals surface area contributed by atoms with Gasteiger partial charge in [0, 0.05) is 16.4 Å². The predicted octanol–water partition coefficient (Wildman–Crippen LogP) is 4.25. The van der Waals surface area contributed by atoms with E-state index in [0.29, 0.717) is 11.6 Å². The van der Waals surface area contributed by atoms with Crippen molar-refractivity contribution < 1.29 is 13.9 Å². The number of carbonyl (C=O) groups is 1. The SMILES string of the molecule is COC(=O)c1oc(-c2csc(Br)c2)nc1C(C)(C)C. The summed E-state index contributed by atoms with van der Waals surface area (Å²) < 4.78 is 11.3. The van der Waals surface area contributed by atoms with Crippen LogP contribution in [-0.4, -0.2) is 18.1 Å². The van der Waals surface area contributed by atoms with Crippen LogP contribution in [0.25, 0.3) is 11.5 Å². The van der Waals surface area contributed by atoms with Crippen LogP contribution in [0.5, 0.6) is 0 Å². The van der Waals surface area contributed by atoms with Crippen LogP contribution in [0, 0.1) is 0 Å². The van der Waals surface area contributed by atoms with E-state index in [9.17, 15) is 4.79 Å². The minimum Gasteiger partial charge on any atom is -0.463 e. The third-order valence-corrected chi connectivity index (χ3v) is 4.03. The number of methoxy groups -OCH3 is 1. The molecule has 19 heavy (non-hydrogen) atoms. The molecule has 2 rings (SSSR count). The van der Waals surface area contributed by atoms with E-state index < -0.39 is 5.97 Å². The van der Waals surface area contributed by atoms with Gasteiger partial charge in [0.05, 0.1) is 10.9 Å². The topological polar surface area (TPSA) is 52.3 Å². The molecule has 4 nitrogen and oxygen atoms in total. The number of halogens is 1. The minimum atomic E-state index is -0.502. The van der Waals surface area contributed by atoms with Gasteiger partial charge in [-0.05, 0) is 22.0 Å². The second-order valence-corrected chi connectivity index (χ2v) is 7.37. The Bertz CT molecular complexity index is 610. The molecule has 0 aliphatic carbocycles. The van der Waals surface area contributed by atoms with Crippen LogP contribution in [0.2, 0.25) is 0 Å². The van der Waals surface area contributed by atoms with Crippen LogP contribution >= 0.6 is 27.3 Å². The summed E-state index contributed by atoms with van der Waals surface area (Å²) in [5.41, 5.74) is 1.16. The maximum atomic E-state index is 11.8. The highest BCUT2D eigenvalue weighted by Gasteiger charge is 2.30. The first-order valence-electron chi connectivity index (χ1n) is 5.67. The quantitative estimate of drug-likeness (QED) is 0.765. The molecule has 0 fully saturated rings. The molecule has 2 aromatic heterocycles. The van der Waals surface area contributed by atoms with E-state index in [1.54, 1.807) is 0 Å². The fourth-order valence-corrected chi connectivity index (χ4v) is 2.74. The second kappa shape index (κ2) is 5.09. The highest BCUT2D eigenvalue weighted by Crippen LogP contribution is 2.33. The Kier molecular flexibility index (Phi) is 3.82. The molecule has 2 heterocycles. The Morgan fingerprint density at radius 3 is 2.63 bits per heavy atom. The summed E-state index contributed by atoms with van der Waals surface area (Å²) in [4.78, 5) is 16.2. The number of carbonyl (C=O) groups excluding carboxylic acids is 1. The lowest BCUT2D eigenvalue weighted by molar-refractivity contribution is 0.0562. The van der Waals surface area contributed by atoms with E-state index in [2.05, 4.69) is 20.9 Å². The van der Waals surface area contributed by atoms with E-state index in [1.165, 1.54) is 18.4 Å². The van der Waals surface area contributed by atoms with Crippen molar-refractivity contribution in [3.05, 3.63) is 26.7 Å². The van der Waals surface area contributed by atoms with Gasteiger partial charge in [-0.3, -0.25) is 0 Å². The summed E-state index contributed by atoms with van der Waals surface area (Å²) in [5, 5.41) is 1.92. The minimum absolute atomic E-state index is 0.173. The van der Waals surface area contributed by atoms with Crippen molar-refractivity contribution in [2.24, 2.45) is 0 Å². The van der Waals surface area contributed by atoms with Crippen molar-refractivity contribution in [1.82, 2.24) is 4.98 Å². The molecule has 6 heteroatoms. The molecule has 0 bridgehead atoms. The number of thiophene rings is 1. The molecule has 2 aromatic rings. The number of oxazole rings is 1. The largest absolute Gasteiger partial charge is 0.463 e. The molecule has 0 radical (unpaired) electrons. The van der Waals surface area contributed by atoms with Gasteiger partial charge in [-0.1, -0.05) is 20.8 Å². The molecule has 0 spiro atoms. The van der Waals surface area contributed by atoms with Crippen LogP contribution in [0.4, 0.5) is 0 Å². The molecule has 0 aliphatic heterocycles. The Balaban J connectivity index is 2.54. The molecule has 0 unspecified atom stereocenters. The summed E-state index contributed by atoms with van der Waals surface area (Å²) in [6.07, 6.45) is 0. The number of hydrogen-bond donors (Lipinski definition) is 0. The number of aromatic nitrogens is 1. The van der Waals surface area contributed by atoms with Crippen LogP contribution in [0.15, 0.2) is 19.6 Å². The number of esters is 1. The van der Waals surface area contributed by atoms with Gasteiger partial charge in [0.1, 0.15) is 5.69 Å². The lowest BCUT2D eigenvalue weighted by atomic mass is 9.91. The Morgan fingerprint density at radius 2 is 2.16 bits per heavy atom. The van der Waals surface area contributed by atoms with Crippen molar-refractivity contribution in [3.63, 3.8) is 0 Å². The fraction of sp³-hybridized carbons (Fsp3) is 0.385. The van der Waals surface area contributed by atoms with Gasteiger partial charge >= 0.3 is 5.97 Å². The fourth-order valence-electron chi connectivity index (χ4n) is 1.61. The number of hydrogen-bond acceptors (Lipinski definition) is 5. The van der Waals surface area contributed by atoms with Crippen molar-refractivity contribution in [2.45, 2.75) is 26.2 Å². The first-order chi connectivity index (χ1) is 8.82. The first-order valence-corrected chi connectivity index (χ1v) is 7.34. The maximum absolute atomic E-state index is 11.8. The molecule has 0 aliphatic rings. The normalized spacial score (nSPS) is 11.6. The smallest absolute Gasteiger partial charge is 0.376 e. The molecule has 102 valence electrons. The predicted molar refractivity (Wildman–Crippen MR) is 77.6 cm³/mol. The Hall–Kier alpha value is -1.14. The van der Waals surface area contributed by atoms with Crippen molar-refractivity contribution in [3.8, 4) is 11.5 Å². The number of ether oxygens (including phenoxy) is 1. The maximum Gasteiger partial charge on any atom is 0.376 e. The zero-order chi connectivity index (χ0) is 14.2. The van der Waals surface area contributed by atoms with Gasteiger partial charge < -0.3 is 9.15 Å². The first kappa shape index (κ1) is 14.3. The van der Waals surface area contributed by atoms with Crippen LogP contribution < -0.4 is 0 Å². The van der Waals surface area contributed by atoms with E-state index in [-0.39, 0.29) is 11.2 Å². The third-order valence-electron chi connectivity index (χ3n) is 2.52. The molecule has 0 aromatic carbocycles. The van der Waals surface area contributed by atoms with E-state index in [1.807, 2.05) is 32.2 Å². The highest BCUT2D eigenvalue weighted by molar-refractivity contribution is 9.11. The van der Waals surface area contributed by atoms with E-state index in [0.717, 1.165) is 9.35 Å². The van der Waals surface area contributed by atoms with Gasteiger partial charge in [0.2, 0.25) is 11.7 Å². The Labute approximate surface area is 123 Å². The molecule has 0 saturated carbocycles. The monoisotopic (exact) mass is 343 g/mol. The second-order valence-electron chi connectivity index (χ2n) is 5.08. The molecular weight excluding hydrogens is 330 g/mol. The standard InChI is InChI=1S/C13H14BrNO3S/c1-13(2,3)10-9(12(16)17-4)18-11(15-10)7-5-8(14)19-6-7/h5-6H,1-4H3. The lowest BCUT2D eigenvalue weighted by Gasteiger charge is -2.15. The van der Waals surface area contributed by atoms with Crippen LogP contribution in [-0.2, 0) is 10.2 Å². The average Bonchev–Trinajstić information content (AvgIpc) is 2.92. The van der Waals surface area contributed by atoms with Crippen molar-refractivity contribution >= 4 is 33.2 Å². The Morgan fingerprint density at radius 1 is 1.47 bits per heavy atom.